The standard InChI is InChI=1S/C40H49ClN8O3/c1-25(2)49-19-17-34(18-20-49)43-38(51)32-8-4-7-31(23-32)30-6-3-5-27(21-30)22-35(45-37(50)29-11-9-26(24-42)10-12-29)39(52)44-33-15-13-28(14-16-33)36-46-40(41)48-47-36/h3-8,13-16,21,23,25-26,29,34-35H,9-12,17-20,22,24,42H2,1-2H3,(H,43,51)(H,44,52)(H,45,50)(H,46,47,48)/t26?,29?,35-/m0/s1. The molecule has 1 aliphatic heterocycles. The summed E-state index contributed by atoms with van der Waals surface area (Å²) in [5, 5.41) is 16.2. The molecule has 2 aliphatic rings. The summed E-state index contributed by atoms with van der Waals surface area (Å²) in [6.45, 7) is 7.01. The molecule has 52 heavy (non-hydrogen) atoms. The number of benzene rings is 3. The molecule has 1 atom stereocenters. The predicted octanol–water partition coefficient (Wildman–Crippen LogP) is 5.83. The first kappa shape index (κ1) is 37.2. The molecule has 1 aliphatic carbocycles. The van der Waals surface area contributed by atoms with Crippen molar-refractivity contribution >= 4 is 35.0 Å². The van der Waals surface area contributed by atoms with E-state index in [-0.39, 0.29) is 41.4 Å². The largest absolute Gasteiger partial charge is 0.349 e. The lowest BCUT2D eigenvalue weighted by Crippen LogP contribution is -2.48. The fourth-order valence-corrected chi connectivity index (χ4v) is 7.37. The first-order chi connectivity index (χ1) is 25.1. The monoisotopic (exact) mass is 724 g/mol. The van der Waals surface area contributed by atoms with E-state index in [1.165, 1.54) is 0 Å². The molecule has 2 fully saturated rings. The number of aromatic amines is 1. The van der Waals surface area contributed by atoms with Gasteiger partial charge in [0.15, 0.2) is 5.82 Å². The average molecular weight is 725 g/mol. The van der Waals surface area contributed by atoms with E-state index in [1.54, 1.807) is 24.3 Å². The van der Waals surface area contributed by atoms with Gasteiger partial charge in [-0.2, -0.15) is 10.1 Å². The lowest BCUT2D eigenvalue weighted by atomic mass is 9.81. The predicted molar refractivity (Wildman–Crippen MR) is 205 cm³/mol. The molecule has 274 valence electrons. The zero-order valence-electron chi connectivity index (χ0n) is 29.9. The SMILES string of the molecule is CC(C)N1CCC(NC(=O)c2cccc(-c3cccc(C[C@H](NC(=O)C4CCC(CN)CC4)C(=O)Nc4ccc(-c5n[nH]c(Cl)n5)cc4)c3)c2)CC1. The van der Waals surface area contributed by atoms with Gasteiger partial charge in [-0.05, 0) is 130 Å². The van der Waals surface area contributed by atoms with Gasteiger partial charge in [-0.25, -0.2) is 5.10 Å². The Morgan fingerprint density at radius 2 is 1.60 bits per heavy atom. The number of nitrogens with two attached hydrogens (primary N) is 1. The van der Waals surface area contributed by atoms with Gasteiger partial charge in [0.05, 0.1) is 0 Å². The summed E-state index contributed by atoms with van der Waals surface area (Å²) in [7, 11) is 0. The Morgan fingerprint density at radius 3 is 2.25 bits per heavy atom. The molecule has 0 bridgehead atoms. The number of aromatic nitrogens is 3. The van der Waals surface area contributed by atoms with Crippen LogP contribution in [0, 0.1) is 11.8 Å². The van der Waals surface area contributed by atoms with Crippen molar-refractivity contribution in [1.82, 2.24) is 30.7 Å². The minimum Gasteiger partial charge on any atom is -0.349 e. The summed E-state index contributed by atoms with van der Waals surface area (Å²) in [6, 6.07) is 22.5. The number of halogens is 1. The van der Waals surface area contributed by atoms with Gasteiger partial charge in [0.2, 0.25) is 17.1 Å². The molecule has 1 saturated heterocycles. The molecule has 6 N–H and O–H groups in total. The number of anilines is 1. The highest BCUT2D eigenvalue weighted by atomic mass is 35.5. The van der Waals surface area contributed by atoms with Crippen LogP contribution < -0.4 is 21.7 Å². The highest BCUT2D eigenvalue weighted by Gasteiger charge is 2.30. The Morgan fingerprint density at radius 1 is 0.904 bits per heavy atom. The first-order valence-electron chi connectivity index (χ1n) is 18.4. The first-order valence-corrected chi connectivity index (χ1v) is 18.8. The highest BCUT2D eigenvalue weighted by molar-refractivity contribution is 6.28. The van der Waals surface area contributed by atoms with Crippen LogP contribution in [-0.2, 0) is 16.0 Å². The van der Waals surface area contributed by atoms with Crippen LogP contribution in [0.3, 0.4) is 0 Å². The maximum absolute atomic E-state index is 13.8. The van der Waals surface area contributed by atoms with E-state index in [4.69, 9.17) is 17.3 Å². The number of hydrogen-bond acceptors (Lipinski definition) is 7. The van der Waals surface area contributed by atoms with Crippen LogP contribution in [0.5, 0.6) is 0 Å². The van der Waals surface area contributed by atoms with Crippen molar-refractivity contribution in [1.29, 1.82) is 0 Å². The quantitative estimate of drug-likeness (QED) is 0.123. The number of carbonyl (C=O) groups is 3. The van der Waals surface area contributed by atoms with E-state index >= 15 is 0 Å². The number of amides is 3. The van der Waals surface area contributed by atoms with Crippen LogP contribution >= 0.6 is 11.6 Å². The number of piperidine rings is 1. The Kier molecular flexibility index (Phi) is 12.4. The van der Waals surface area contributed by atoms with Gasteiger partial charge in [0.1, 0.15) is 6.04 Å². The molecule has 1 saturated carbocycles. The van der Waals surface area contributed by atoms with E-state index in [0.717, 1.165) is 73.9 Å². The van der Waals surface area contributed by atoms with Gasteiger partial charge in [0, 0.05) is 54.3 Å². The molecule has 2 heterocycles. The summed E-state index contributed by atoms with van der Waals surface area (Å²) in [6.07, 6.45) is 5.49. The topological polar surface area (TPSA) is 158 Å². The van der Waals surface area contributed by atoms with Crippen molar-refractivity contribution in [2.45, 2.75) is 76.9 Å². The molecule has 3 amide bonds. The molecule has 4 aromatic rings. The van der Waals surface area contributed by atoms with Crippen molar-refractivity contribution in [3.63, 3.8) is 0 Å². The lowest BCUT2D eigenvalue weighted by molar-refractivity contribution is -0.130. The van der Waals surface area contributed by atoms with Crippen LogP contribution in [0.25, 0.3) is 22.5 Å². The normalized spacial score (nSPS) is 18.9. The van der Waals surface area contributed by atoms with Gasteiger partial charge < -0.3 is 26.6 Å². The van der Waals surface area contributed by atoms with E-state index < -0.39 is 6.04 Å². The Labute approximate surface area is 310 Å². The Hall–Kier alpha value is -4.58. The van der Waals surface area contributed by atoms with Crippen molar-refractivity contribution in [3.8, 4) is 22.5 Å². The van der Waals surface area contributed by atoms with Crippen LogP contribution in [0.4, 0.5) is 5.69 Å². The third kappa shape index (κ3) is 9.64. The molecule has 1 aromatic heterocycles. The van der Waals surface area contributed by atoms with Gasteiger partial charge in [0.25, 0.3) is 5.91 Å². The van der Waals surface area contributed by atoms with Crippen molar-refractivity contribution in [2.24, 2.45) is 17.6 Å². The second kappa shape index (κ2) is 17.3. The second-order valence-corrected chi connectivity index (χ2v) is 14.8. The molecule has 0 unspecified atom stereocenters. The van der Waals surface area contributed by atoms with E-state index in [1.807, 2.05) is 48.5 Å². The second-order valence-electron chi connectivity index (χ2n) is 14.4. The Balaban J connectivity index is 1.15. The molecule has 11 nitrogen and oxygen atoms in total. The third-order valence-corrected chi connectivity index (χ3v) is 10.6. The summed E-state index contributed by atoms with van der Waals surface area (Å²) >= 11 is 5.89. The van der Waals surface area contributed by atoms with Crippen molar-refractivity contribution in [2.75, 3.05) is 25.0 Å². The number of nitrogens with one attached hydrogen (secondary N) is 4. The molecule has 6 rings (SSSR count). The summed E-state index contributed by atoms with van der Waals surface area (Å²) in [5.74, 6) is 0.227. The number of rotatable bonds is 12. The molecule has 3 aromatic carbocycles. The fraction of sp³-hybridized carbons (Fsp3) is 0.425. The van der Waals surface area contributed by atoms with E-state index in [2.05, 4.69) is 49.9 Å². The maximum Gasteiger partial charge on any atom is 0.251 e. The highest BCUT2D eigenvalue weighted by Crippen LogP contribution is 2.29. The molecule has 12 heteroatoms. The number of carbonyl (C=O) groups excluding carboxylic acids is 3. The Bertz CT molecular complexity index is 1830. The van der Waals surface area contributed by atoms with Gasteiger partial charge in [-0.15, -0.1) is 0 Å². The molecule has 0 radical (unpaired) electrons. The van der Waals surface area contributed by atoms with E-state index in [0.29, 0.717) is 35.6 Å². The number of H-pyrrole nitrogens is 1. The van der Waals surface area contributed by atoms with Gasteiger partial charge >= 0.3 is 0 Å². The summed E-state index contributed by atoms with van der Waals surface area (Å²) in [5.41, 5.74) is 10.5. The smallest absolute Gasteiger partial charge is 0.251 e. The van der Waals surface area contributed by atoms with Gasteiger partial charge in [-0.3, -0.25) is 14.4 Å². The lowest BCUT2D eigenvalue weighted by Gasteiger charge is -2.34. The van der Waals surface area contributed by atoms with Crippen molar-refractivity contribution < 1.29 is 14.4 Å². The van der Waals surface area contributed by atoms with Crippen LogP contribution in [0.1, 0.15) is 68.3 Å². The minimum atomic E-state index is -0.819. The molecule has 0 spiro atoms. The molecular formula is C40H49ClN8O3. The van der Waals surface area contributed by atoms with Crippen LogP contribution in [-0.4, -0.2) is 75.6 Å². The van der Waals surface area contributed by atoms with E-state index in [9.17, 15) is 14.4 Å². The maximum atomic E-state index is 13.8. The molecular weight excluding hydrogens is 676 g/mol. The third-order valence-electron chi connectivity index (χ3n) is 10.5. The summed E-state index contributed by atoms with van der Waals surface area (Å²) < 4.78 is 0. The zero-order valence-corrected chi connectivity index (χ0v) is 30.7. The summed E-state index contributed by atoms with van der Waals surface area (Å²) in [4.78, 5) is 47.3. The number of likely N-dealkylation sites (tertiary alicyclic amines) is 1. The van der Waals surface area contributed by atoms with Gasteiger partial charge in [-0.1, -0.05) is 36.4 Å². The van der Waals surface area contributed by atoms with Crippen LogP contribution in [0.2, 0.25) is 5.28 Å². The van der Waals surface area contributed by atoms with Crippen molar-refractivity contribution in [3.05, 3.63) is 89.2 Å². The average Bonchev–Trinajstić information content (AvgIpc) is 3.61. The van der Waals surface area contributed by atoms with Crippen LogP contribution in [0.15, 0.2) is 72.8 Å². The zero-order chi connectivity index (χ0) is 36.6. The minimum absolute atomic E-state index is 0.0709. The number of hydrogen-bond donors (Lipinski definition) is 5. The number of nitrogens with zero attached hydrogens (tertiary/aromatic N) is 3. The fourth-order valence-electron chi connectivity index (χ4n) is 7.24.